The van der Waals surface area contributed by atoms with Gasteiger partial charge in [0.25, 0.3) is 0 Å². The second-order valence-electron chi connectivity index (χ2n) is 6.66. The zero-order chi connectivity index (χ0) is 13.7. The van der Waals surface area contributed by atoms with E-state index in [1.807, 2.05) is 0 Å². The van der Waals surface area contributed by atoms with E-state index in [0.29, 0.717) is 0 Å². The van der Waals surface area contributed by atoms with Gasteiger partial charge < -0.3 is 4.90 Å². The molecule has 3 heteroatoms. The number of hydrogen-bond donors (Lipinski definition) is 0. The fraction of sp³-hybridized carbons (Fsp3) is 1.00. The maximum Gasteiger partial charge on any atom is 0.0113 e. The molecule has 2 rings (SSSR count). The Bertz CT molecular complexity index is 238. The van der Waals surface area contributed by atoms with Crippen molar-refractivity contribution in [2.75, 3.05) is 52.4 Å². The summed E-state index contributed by atoms with van der Waals surface area (Å²) in [5.74, 6) is 1.01. The lowest BCUT2D eigenvalue weighted by Crippen LogP contribution is -2.50. The zero-order valence-corrected chi connectivity index (χ0v) is 13.3. The predicted octanol–water partition coefficient (Wildman–Crippen LogP) is 2.13. The van der Waals surface area contributed by atoms with Crippen LogP contribution in [0.25, 0.3) is 0 Å². The Hall–Kier alpha value is -0.120. The summed E-state index contributed by atoms with van der Waals surface area (Å²) in [5, 5.41) is 0. The molecule has 0 spiro atoms. The van der Waals surface area contributed by atoms with Crippen molar-refractivity contribution in [3.05, 3.63) is 0 Å². The third kappa shape index (κ3) is 4.73. The van der Waals surface area contributed by atoms with E-state index in [9.17, 15) is 0 Å². The number of piperazine rings is 1. The first kappa shape index (κ1) is 15.3. The molecule has 0 atom stereocenters. The zero-order valence-electron chi connectivity index (χ0n) is 13.3. The van der Waals surface area contributed by atoms with Crippen LogP contribution in [0.3, 0.4) is 0 Å². The van der Waals surface area contributed by atoms with Crippen molar-refractivity contribution < 1.29 is 0 Å². The van der Waals surface area contributed by atoms with Crippen LogP contribution in [0, 0.1) is 5.92 Å². The quantitative estimate of drug-likeness (QED) is 0.755. The van der Waals surface area contributed by atoms with Crippen LogP contribution in [0.15, 0.2) is 0 Å². The van der Waals surface area contributed by atoms with Gasteiger partial charge >= 0.3 is 0 Å². The molecule has 0 N–H and O–H groups in total. The van der Waals surface area contributed by atoms with Gasteiger partial charge in [0.05, 0.1) is 0 Å². The van der Waals surface area contributed by atoms with Crippen LogP contribution >= 0.6 is 0 Å². The number of likely N-dealkylation sites (tertiary alicyclic amines) is 1. The molecule has 2 aliphatic heterocycles. The molecule has 2 fully saturated rings. The fourth-order valence-electron chi connectivity index (χ4n) is 3.40. The molecule has 0 aliphatic carbocycles. The van der Waals surface area contributed by atoms with Crippen LogP contribution in [0.4, 0.5) is 0 Å². The van der Waals surface area contributed by atoms with E-state index in [0.717, 1.165) is 12.0 Å². The second kappa shape index (κ2) is 7.61. The summed E-state index contributed by atoms with van der Waals surface area (Å²) < 4.78 is 0. The van der Waals surface area contributed by atoms with Crippen LogP contribution in [0.1, 0.15) is 40.0 Å². The molecule has 3 nitrogen and oxygen atoms in total. The van der Waals surface area contributed by atoms with E-state index in [1.54, 1.807) is 0 Å². The molecular weight excluding hydrogens is 234 g/mol. The van der Waals surface area contributed by atoms with Gasteiger partial charge in [0.15, 0.2) is 0 Å². The summed E-state index contributed by atoms with van der Waals surface area (Å²) >= 11 is 0. The lowest BCUT2D eigenvalue weighted by molar-refractivity contribution is 0.0916. The average molecular weight is 267 g/mol. The standard InChI is InChI=1S/C16H33N3/c1-4-16-5-7-17(8-6-16)9-10-18-11-13-19(14-12-18)15(2)3/h15-16H,4-14H2,1-3H3. The summed E-state index contributed by atoms with van der Waals surface area (Å²) in [6.07, 6.45) is 4.24. The molecule has 0 bridgehead atoms. The van der Waals surface area contributed by atoms with Gasteiger partial charge in [0.2, 0.25) is 0 Å². The molecule has 0 aromatic carbocycles. The summed E-state index contributed by atoms with van der Waals surface area (Å²) in [4.78, 5) is 7.94. The number of piperidine rings is 1. The number of nitrogens with zero attached hydrogens (tertiary/aromatic N) is 3. The average Bonchev–Trinajstić information content (AvgIpc) is 2.46. The molecule has 0 radical (unpaired) electrons. The van der Waals surface area contributed by atoms with E-state index in [4.69, 9.17) is 0 Å². The third-order valence-corrected chi connectivity index (χ3v) is 5.15. The summed E-state index contributed by atoms with van der Waals surface area (Å²) in [5.41, 5.74) is 0. The Morgan fingerprint density at radius 2 is 1.37 bits per heavy atom. The van der Waals surface area contributed by atoms with Gasteiger partial charge in [-0.3, -0.25) is 9.80 Å². The van der Waals surface area contributed by atoms with E-state index < -0.39 is 0 Å². The van der Waals surface area contributed by atoms with Crippen molar-refractivity contribution in [2.45, 2.75) is 46.1 Å². The van der Waals surface area contributed by atoms with Crippen LogP contribution < -0.4 is 0 Å². The van der Waals surface area contributed by atoms with Gasteiger partial charge in [-0.1, -0.05) is 13.3 Å². The second-order valence-corrected chi connectivity index (χ2v) is 6.66. The highest BCUT2D eigenvalue weighted by atomic mass is 15.3. The first-order valence-corrected chi connectivity index (χ1v) is 8.37. The number of hydrogen-bond acceptors (Lipinski definition) is 3. The predicted molar refractivity (Wildman–Crippen MR) is 82.6 cm³/mol. The Morgan fingerprint density at radius 3 is 1.84 bits per heavy atom. The van der Waals surface area contributed by atoms with Crippen LogP contribution in [-0.4, -0.2) is 73.1 Å². The van der Waals surface area contributed by atoms with Gasteiger partial charge in [-0.05, 0) is 45.7 Å². The smallest absolute Gasteiger partial charge is 0.0113 e. The minimum absolute atomic E-state index is 0.718. The lowest BCUT2D eigenvalue weighted by atomic mass is 9.94. The van der Waals surface area contributed by atoms with Crippen molar-refractivity contribution in [1.82, 2.24) is 14.7 Å². The minimum Gasteiger partial charge on any atom is -0.302 e. The first-order valence-electron chi connectivity index (χ1n) is 8.37. The van der Waals surface area contributed by atoms with E-state index in [1.165, 1.54) is 71.6 Å². The van der Waals surface area contributed by atoms with Gasteiger partial charge in [0, 0.05) is 45.3 Å². The van der Waals surface area contributed by atoms with E-state index in [2.05, 4.69) is 35.5 Å². The molecule has 2 heterocycles. The van der Waals surface area contributed by atoms with Crippen LogP contribution in [-0.2, 0) is 0 Å². The summed E-state index contributed by atoms with van der Waals surface area (Å²) in [6.45, 7) is 17.3. The Labute approximate surface area is 119 Å². The monoisotopic (exact) mass is 267 g/mol. The van der Waals surface area contributed by atoms with Crippen molar-refractivity contribution in [2.24, 2.45) is 5.92 Å². The van der Waals surface area contributed by atoms with E-state index in [-0.39, 0.29) is 0 Å². The van der Waals surface area contributed by atoms with E-state index >= 15 is 0 Å². The molecule has 112 valence electrons. The molecule has 0 aromatic rings. The normalized spacial score (nSPS) is 25.3. The van der Waals surface area contributed by atoms with Gasteiger partial charge in [-0.15, -0.1) is 0 Å². The first-order chi connectivity index (χ1) is 9.19. The van der Waals surface area contributed by atoms with Crippen molar-refractivity contribution in [3.8, 4) is 0 Å². The SMILES string of the molecule is CCC1CCN(CCN2CCN(C(C)C)CC2)CC1. The largest absolute Gasteiger partial charge is 0.302 e. The molecule has 0 aromatic heterocycles. The molecule has 2 saturated heterocycles. The van der Waals surface area contributed by atoms with Crippen LogP contribution in [0.5, 0.6) is 0 Å². The number of rotatable bonds is 5. The van der Waals surface area contributed by atoms with Crippen LogP contribution in [0.2, 0.25) is 0 Å². The van der Waals surface area contributed by atoms with Gasteiger partial charge in [0.1, 0.15) is 0 Å². The van der Waals surface area contributed by atoms with Gasteiger partial charge in [-0.25, -0.2) is 0 Å². The Balaban J connectivity index is 1.59. The maximum absolute atomic E-state index is 2.68. The highest BCUT2D eigenvalue weighted by Gasteiger charge is 2.21. The van der Waals surface area contributed by atoms with Crippen molar-refractivity contribution >= 4 is 0 Å². The summed E-state index contributed by atoms with van der Waals surface area (Å²) in [7, 11) is 0. The lowest BCUT2D eigenvalue weighted by Gasteiger charge is -2.38. The molecular formula is C16H33N3. The summed E-state index contributed by atoms with van der Waals surface area (Å²) in [6, 6.07) is 0.718. The van der Waals surface area contributed by atoms with Gasteiger partial charge in [-0.2, -0.15) is 0 Å². The molecule has 19 heavy (non-hydrogen) atoms. The molecule has 2 aliphatic rings. The highest BCUT2D eigenvalue weighted by Crippen LogP contribution is 2.19. The Morgan fingerprint density at radius 1 is 0.842 bits per heavy atom. The van der Waals surface area contributed by atoms with Crippen molar-refractivity contribution in [3.63, 3.8) is 0 Å². The Kier molecular flexibility index (Phi) is 6.11. The molecule has 0 unspecified atom stereocenters. The maximum atomic E-state index is 2.68. The van der Waals surface area contributed by atoms with Crippen molar-refractivity contribution in [1.29, 1.82) is 0 Å². The topological polar surface area (TPSA) is 9.72 Å². The fourth-order valence-corrected chi connectivity index (χ4v) is 3.40. The molecule has 0 amide bonds. The highest BCUT2D eigenvalue weighted by molar-refractivity contribution is 4.76. The minimum atomic E-state index is 0.718. The third-order valence-electron chi connectivity index (χ3n) is 5.15. The molecule has 0 saturated carbocycles.